The van der Waals surface area contributed by atoms with Crippen LogP contribution >= 0.6 is 0 Å². The van der Waals surface area contributed by atoms with E-state index in [1.807, 2.05) is 61.2 Å². The first-order valence-electron chi connectivity index (χ1n) is 12.4. The van der Waals surface area contributed by atoms with Gasteiger partial charge in [0.1, 0.15) is 12.3 Å². The average molecular weight is 488 g/mol. The Balaban J connectivity index is 1.36. The van der Waals surface area contributed by atoms with Crippen molar-refractivity contribution in [2.24, 2.45) is 0 Å². The molecule has 1 aliphatic heterocycles. The monoisotopic (exact) mass is 487 g/mol. The molecule has 0 aliphatic carbocycles. The van der Waals surface area contributed by atoms with Gasteiger partial charge in [-0.15, -0.1) is 10.2 Å². The zero-order valence-corrected chi connectivity index (χ0v) is 21.1. The van der Waals surface area contributed by atoms with Gasteiger partial charge < -0.3 is 19.4 Å². The van der Waals surface area contributed by atoms with Crippen molar-refractivity contribution in [3.8, 4) is 17.0 Å². The molecule has 1 aliphatic rings. The van der Waals surface area contributed by atoms with Crippen molar-refractivity contribution in [2.45, 2.75) is 26.3 Å². The number of methoxy groups -OCH3 is 1. The molecule has 2 aromatic carbocycles. The Bertz CT molecular complexity index is 1140. The quantitative estimate of drug-likeness (QED) is 0.482. The Hall–Kier alpha value is -3.94. The fourth-order valence-corrected chi connectivity index (χ4v) is 4.24. The first kappa shape index (κ1) is 25.2. The van der Waals surface area contributed by atoms with Gasteiger partial charge in [0.05, 0.1) is 12.8 Å². The van der Waals surface area contributed by atoms with Crippen LogP contribution < -0.4 is 9.64 Å². The molecule has 2 amide bonds. The molecule has 1 atom stereocenters. The van der Waals surface area contributed by atoms with Crippen molar-refractivity contribution in [3.05, 3.63) is 72.3 Å². The lowest BCUT2D eigenvalue weighted by atomic mass is 10.1. The van der Waals surface area contributed by atoms with Crippen LogP contribution in [-0.4, -0.2) is 77.7 Å². The van der Waals surface area contributed by atoms with Gasteiger partial charge in [-0.1, -0.05) is 37.3 Å². The predicted molar refractivity (Wildman–Crippen MR) is 140 cm³/mol. The van der Waals surface area contributed by atoms with Gasteiger partial charge in [0.15, 0.2) is 5.82 Å². The number of rotatable bonds is 8. The molecular formula is C28H33N5O3. The second kappa shape index (κ2) is 11.7. The highest BCUT2D eigenvalue weighted by Gasteiger charge is 2.28. The number of amides is 2. The van der Waals surface area contributed by atoms with Crippen LogP contribution in [0.5, 0.6) is 5.75 Å². The molecule has 1 fully saturated rings. The molecule has 188 valence electrons. The summed E-state index contributed by atoms with van der Waals surface area (Å²) < 4.78 is 5.19. The van der Waals surface area contributed by atoms with Crippen molar-refractivity contribution in [1.29, 1.82) is 0 Å². The number of carbonyl (C=O) groups is 2. The summed E-state index contributed by atoms with van der Waals surface area (Å²) in [6.45, 7) is 6.54. The number of nitrogens with zero attached hydrogens (tertiary/aromatic N) is 5. The number of hydrogen-bond donors (Lipinski definition) is 0. The van der Waals surface area contributed by atoms with E-state index in [0.717, 1.165) is 23.5 Å². The molecule has 0 N–H and O–H groups in total. The first-order chi connectivity index (χ1) is 17.5. The van der Waals surface area contributed by atoms with Crippen molar-refractivity contribution in [1.82, 2.24) is 20.0 Å². The predicted octanol–water partition coefficient (Wildman–Crippen LogP) is 3.74. The lowest BCUT2D eigenvalue weighted by molar-refractivity contribution is -0.132. The molecule has 8 nitrogen and oxygen atoms in total. The highest BCUT2D eigenvalue weighted by atomic mass is 16.5. The number of benzene rings is 2. The molecule has 0 bridgehead atoms. The van der Waals surface area contributed by atoms with Crippen LogP contribution in [0.3, 0.4) is 0 Å². The average Bonchev–Trinajstić information content (AvgIpc) is 2.95. The van der Waals surface area contributed by atoms with E-state index in [0.29, 0.717) is 37.5 Å². The number of aromatic nitrogens is 2. The minimum absolute atomic E-state index is 0.0395. The Morgan fingerprint density at radius 1 is 0.944 bits per heavy atom. The summed E-state index contributed by atoms with van der Waals surface area (Å²) in [5.74, 6) is 1.31. The highest BCUT2D eigenvalue weighted by molar-refractivity contribution is 5.96. The Morgan fingerprint density at radius 3 is 2.22 bits per heavy atom. The molecule has 36 heavy (non-hydrogen) atoms. The van der Waals surface area contributed by atoms with E-state index in [9.17, 15) is 9.59 Å². The largest absolute Gasteiger partial charge is 0.497 e. The normalized spacial score (nSPS) is 14.3. The van der Waals surface area contributed by atoms with Gasteiger partial charge in [-0.25, -0.2) is 0 Å². The molecule has 1 aromatic heterocycles. The Morgan fingerprint density at radius 2 is 1.64 bits per heavy atom. The summed E-state index contributed by atoms with van der Waals surface area (Å²) in [4.78, 5) is 32.0. The maximum atomic E-state index is 13.2. The summed E-state index contributed by atoms with van der Waals surface area (Å²) in [5.41, 5.74) is 2.41. The van der Waals surface area contributed by atoms with Gasteiger partial charge in [0.2, 0.25) is 5.91 Å². The number of hydrogen-bond acceptors (Lipinski definition) is 6. The molecule has 3 aromatic rings. The third-order valence-corrected chi connectivity index (χ3v) is 6.70. The number of anilines is 1. The van der Waals surface area contributed by atoms with Crippen molar-refractivity contribution in [2.75, 3.05) is 44.7 Å². The number of carbonyl (C=O) groups excluding carboxylic acids is 2. The zero-order valence-electron chi connectivity index (χ0n) is 21.1. The van der Waals surface area contributed by atoms with Crippen molar-refractivity contribution < 1.29 is 14.3 Å². The standard InChI is InChI=1S/C28H33N5O3/c1-4-21(2)33(28(35)23-10-12-24(36-3)13-11-23)20-27(34)32-18-16-31(17-19-32)26-15-14-25(29-30-26)22-8-6-5-7-9-22/h5-15,21H,4,16-20H2,1-3H3/t21-/m1/s1. The van der Waals surface area contributed by atoms with Crippen LogP contribution in [0.15, 0.2) is 66.7 Å². The molecule has 0 spiro atoms. The minimum atomic E-state index is -0.146. The van der Waals surface area contributed by atoms with Crippen molar-refractivity contribution >= 4 is 17.6 Å². The van der Waals surface area contributed by atoms with E-state index >= 15 is 0 Å². The minimum Gasteiger partial charge on any atom is -0.497 e. The second-order valence-corrected chi connectivity index (χ2v) is 8.93. The van der Waals surface area contributed by atoms with Crippen LogP contribution in [-0.2, 0) is 4.79 Å². The molecular weight excluding hydrogens is 454 g/mol. The molecule has 1 saturated heterocycles. The number of ether oxygens (including phenoxy) is 1. The molecule has 8 heteroatoms. The third-order valence-electron chi connectivity index (χ3n) is 6.70. The van der Waals surface area contributed by atoms with Gasteiger partial charge in [0.25, 0.3) is 5.91 Å². The maximum Gasteiger partial charge on any atom is 0.254 e. The first-order valence-corrected chi connectivity index (χ1v) is 12.4. The smallest absolute Gasteiger partial charge is 0.254 e. The van der Waals surface area contributed by atoms with Crippen molar-refractivity contribution in [3.63, 3.8) is 0 Å². The van der Waals surface area contributed by atoms with E-state index in [4.69, 9.17) is 4.74 Å². The van der Waals surface area contributed by atoms with Gasteiger partial charge in [-0.05, 0) is 49.7 Å². The molecule has 4 rings (SSSR count). The number of piperazine rings is 1. The van der Waals surface area contributed by atoms with E-state index in [2.05, 4.69) is 15.1 Å². The fraction of sp³-hybridized carbons (Fsp3) is 0.357. The summed E-state index contributed by atoms with van der Waals surface area (Å²) in [5, 5.41) is 8.79. The SMILES string of the molecule is CC[C@@H](C)N(CC(=O)N1CCN(c2ccc(-c3ccccc3)nn2)CC1)C(=O)c1ccc(OC)cc1. The second-order valence-electron chi connectivity index (χ2n) is 8.93. The van der Waals surface area contributed by atoms with Gasteiger partial charge in [-0.3, -0.25) is 9.59 Å². The summed E-state index contributed by atoms with van der Waals surface area (Å²) in [6.07, 6.45) is 0.764. The van der Waals surface area contributed by atoms with E-state index in [-0.39, 0.29) is 24.4 Å². The van der Waals surface area contributed by atoms with Gasteiger partial charge in [-0.2, -0.15) is 0 Å². The molecule has 0 unspecified atom stereocenters. The lowest BCUT2D eigenvalue weighted by Gasteiger charge is -2.37. The lowest BCUT2D eigenvalue weighted by Crippen LogP contribution is -2.53. The third kappa shape index (κ3) is 5.82. The van der Waals surface area contributed by atoms with E-state index in [1.165, 1.54) is 0 Å². The Kier molecular flexibility index (Phi) is 8.15. The zero-order chi connectivity index (χ0) is 25.5. The summed E-state index contributed by atoms with van der Waals surface area (Å²) in [7, 11) is 1.59. The molecule has 2 heterocycles. The van der Waals surface area contributed by atoms with Gasteiger partial charge >= 0.3 is 0 Å². The van der Waals surface area contributed by atoms with E-state index in [1.54, 1.807) is 36.3 Å². The van der Waals surface area contributed by atoms with Gasteiger partial charge in [0, 0.05) is 43.3 Å². The molecule has 0 radical (unpaired) electrons. The Labute approximate surface area is 212 Å². The van der Waals surface area contributed by atoms with Crippen LogP contribution in [0.2, 0.25) is 0 Å². The van der Waals surface area contributed by atoms with Crippen LogP contribution in [0, 0.1) is 0 Å². The van der Waals surface area contributed by atoms with E-state index < -0.39 is 0 Å². The topological polar surface area (TPSA) is 78.9 Å². The molecule has 0 saturated carbocycles. The van der Waals surface area contributed by atoms with Crippen LogP contribution in [0.25, 0.3) is 11.3 Å². The maximum absolute atomic E-state index is 13.2. The highest BCUT2D eigenvalue weighted by Crippen LogP contribution is 2.20. The summed E-state index contributed by atoms with van der Waals surface area (Å²) >= 11 is 0. The van der Waals surface area contributed by atoms with Crippen LogP contribution in [0.1, 0.15) is 30.6 Å². The fourth-order valence-electron chi connectivity index (χ4n) is 4.24. The summed E-state index contributed by atoms with van der Waals surface area (Å²) in [6, 6.07) is 20.9. The van der Waals surface area contributed by atoms with Crippen LogP contribution in [0.4, 0.5) is 5.82 Å².